The van der Waals surface area contributed by atoms with E-state index >= 15 is 0 Å². The van der Waals surface area contributed by atoms with Crippen molar-refractivity contribution in [3.63, 3.8) is 0 Å². The van der Waals surface area contributed by atoms with Gasteiger partial charge in [0.05, 0.1) is 25.2 Å². The molecular weight excluding hydrogens is 290 g/mol. The van der Waals surface area contributed by atoms with Crippen LogP contribution in [-0.2, 0) is 4.79 Å². The molecule has 0 fully saturated rings. The Kier molecular flexibility index (Phi) is 4.93. The van der Waals surface area contributed by atoms with Crippen LogP contribution in [0.25, 0.3) is 0 Å². The summed E-state index contributed by atoms with van der Waals surface area (Å²) in [5.41, 5.74) is 1.76. The largest absolute Gasteiger partial charge is 0.493 e. The summed E-state index contributed by atoms with van der Waals surface area (Å²) in [6, 6.07) is 17.0. The van der Waals surface area contributed by atoms with Crippen LogP contribution in [0.1, 0.15) is 42.5 Å². The van der Waals surface area contributed by atoms with Gasteiger partial charge >= 0.3 is 0 Å². The Morgan fingerprint density at radius 2 is 1.91 bits per heavy atom. The Morgan fingerprint density at radius 3 is 2.74 bits per heavy atom. The van der Waals surface area contributed by atoms with E-state index in [9.17, 15) is 9.90 Å². The highest BCUT2D eigenvalue weighted by atomic mass is 16.5. The van der Waals surface area contributed by atoms with E-state index in [2.05, 4.69) is 5.32 Å². The van der Waals surface area contributed by atoms with Gasteiger partial charge in [-0.25, -0.2) is 0 Å². The molecule has 0 aromatic heterocycles. The van der Waals surface area contributed by atoms with Gasteiger partial charge < -0.3 is 15.2 Å². The fourth-order valence-corrected chi connectivity index (χ4v) is 2.90. The number of carbonyl (C=O) groups excluding carboxylic acids is 1. The first-order valence-corrected chi connectivity index (χ1v) is 7.98. The smallest absolute Gasteiger partial charge is 0.223 e. The summed E-state index contributed by atoms with van der Waals surface area (Å²) in [7, 11) is 0. The zero-order chi connectivity index (χ0) is 16.1. The first-order valence-electron chi connectivity index (χ1n) is 7.98. The molecule has 1 aliphatic heterocycles. The predicted octanol–water partition coefficient (Wildman–Crippen LogP) is 3.14. The molecule has 1 heterocycles. The number of aliphatic hydroxyl groups is 1. The van der Waals surface area contributed by atoms with Crippen molar-refractivity contribution in [1.29, 1.82) is 0 Å². The standard InChI is InChI=1S/C19H21NO3/c21-17(14-7-2-1-3-8-14)13-19(22)20-16-10-6-12-23-18-11-5-4-9-15(16)18/h1-5,7-9,11,16-17,21H,6,10,12-13H2,(H,20,22). The van der Waals surface area contributed by atoms with E-state index in [4.69, 9.17) is 4.74 Å². The topological polar surface area (TPSA) is 58.6 Å². The highest BCUT2D eigenvalue weighted by Gasteiger charge is 2.22. The van der Waals surface area contributed by atoms with Gasteiger partial charge in [-0.1, -0.05) is 48.5 Å². The quantitative estimate of drug-likeness (QED) is 0.912. The van der Waals surface area contributed by atoms with Crippen LogP contribution in [0.2, 0.25) is 0 Å². The molecule has 0 radical (unpaired) electrons. The number of hydrogen-bond acceptors (Lipinski definition) is 3. The molecule has 2 N–H and O–H groups in total. The lowest BCUT2D eigenvalue weighted by Crippen LogP contribution is -2.29. The zero-order valence-electron chi connectivity index (χ0n) is 12.9. The number of benzene rings is 2. The molecule has 1 amide bonds. The third kappa shape index (κ3) is 3.90. The second kappa shape index (κ2) is 7.29. The van der Waals surface area contributed by atoms with Crippen LogP contribution < -0.4 is 10.1 Å². The van der Waals surface area contributed by atoms with Crippen molar-refractivity contribution in [3.8, 4) is 5.75 Å². The van der Waals surface area contributed by atoms with Crippen LogP contribution >= 0.6 is 0 Å². The lowest BCUT2D eigenvalue weighted by atomic mass is 10.0. The van der Waals surface area contributed by atoms with Gasteiger partial charge in [-0.3, -0.25) is 4.79 Å². The number of rotatable bonds is 4. The molecule has 0 saturated carbocycles. The second-order valence-electron chi connectivity index (χ2n) is 5.78. The molecule has 4 heteroatoms. The van der Waals surface area contributed by atoms with Crippen LogP contribution in [0, 0.1) is 0 Å². The van der Waals surface area contributed by atoms with Gasteiger partial charge in [0.25, 0.3) is 0 Å². The van der Waals surface area contributed by atoms with E-state index in [-0.39, 0.29) is 18.4 Å². The van der Waals surface area contributed by atoms with Crippen LogP contribution in [0.5, 0.6) is 5.75 Å². The van der Waals surface area contributed by atoms with Gasteiger partial charge in [-0.2, -0.15) is 0 Å². The average molecular weight is 311 g/mol. The summed E-state index contributed by atoms with van der Waals surface area (Å²) in [4.78, 5) is 12.3. The van der Waals surface area contributed by atoms with Crippen molar-refractivity contribution in [3.05, 3.63) is 65.7 Å². The molecular formula is C19H21NO3. The Hall–Kier alpha value is -2.33. The average Bonchev–Trinajstić information content (AvgIpc) is 2.78. The maximum Gasteiger partial charge on any atom is 0.223 e. The molecule has 0 spiro atoms. The lowest BCUT2D eigenvalue weighted by Gasteiger charge is -2.19. The van der Waals surface area contributed by atoms with Gasteiger partial charge in [-0.15, -0.1) is 0 Å². The summed E-state index contributed by atoms with van der Waals surface area (Å²) in [6.45, 7) is 0.663. The predicted molar refractivity (Wildman–Crippen MR) is 88.1 cm³/mol. The highest BCUT2D eigenvalue weighted by Crippen LogP contribution is 2.31. The van der Waals surface area contributed by atoms with Crippen LogP contribution in [-0.4, -0.2) is 17.6 Å². The number of nitrogens with one attached hydrogen (secondary N) is 1. The molecule has 23 heavy (non-hydrogen) atoms. The molecule has 4 nitrogen and oxygen atoms in total. The normalized spacial score (nSPS) is 18.2. The van der Waals surface area contributed by atoms with Crippen molar-refractivity contribution in [1.82, 2.24) is 5.32 Å². The molecule has 0 bridgehead atoms. The summed E-state index contributed by atoms with van der Waals surface area (Å²) in [6.07, 6.45) is 1.00. The first-order chi connectivity index (χ1) is 11.2. The monoisotopic (exact) mass is 311 g/mol. The van der Waals surface area contributed by atoms with E-state index in [1.54, 1.807) is 0 Å². The Labute approximate surface area is 136 Å². The molecule has 2 aromatic rings. The third-order valence-electron chi connectivity index (χ3n) is 4.09. The molecule has 2 atom stereocenters. The van der Waals surface area contributed by atoms with Gasteiger partial charge in [0.2, 0.25) is 5.91 Å². The highest BCUT2D eigenvalue weighted by molar-refractivity contribution is 5.77. The second-order valence-corrected chi connectivity index (χ2v) is 5.78. The number of aliphatic hydroxyl groups excluding tert-OH is 1. The lowest BCUT2D eigenvalue weighted by molar-refractivity contribution is -0.123. The first kappa shape index (κ1) is 15.6. The molecule has 2 aromatic carbocycles. The molecule has 0 aliphatic carbocycles. The van der Waals surface area contributed by atoms with Gasteiger partial charge in [-0.05, 0) is 24.5 Å². The molecule has 2 unspecified atom stereocenters. The van der Waals surface area contributed by atoms with Crippen molar-refractivity contribution in [2.45, 2.75) is 31.4 Å². The fraction of sp³-hybridized carbons (Fsp3) is 0.316. The van der Waals surface area contributed by atoms with Crippen molar-refractivity contribution in [2.75, 3.05) is 6.61 Å². The molecule has 1 aliphatic rings. The van der Waals surface area contributed by atoms with Gasteiger partial charge in [0, 0.05) is 5.56 Å². The van der Waals surface area contributed by atoms with Crippen molar-refractivity contribution < 1.29 is 14.6 Å². The van der Waals surface area contributed by atoms with Crippen molar-refractivity contribution >= 4 is 5.91 Å². The maximum atomic E-state index is 12.3. The van der Waals surface area contributed by atoms with E-state index in [1.807, 2.05) is 54.6 Å². The van der Waals surface area contributed by atoms with Crippen LogP contribution in [0.3, 0.4) is 0 Å². The third-order valence-corrected chi connectivity index (χ3v) is 4.09. The van der Waals surface area contributed by atoms with E-state index in [1.165, 1.54) is 0 Å². The van der Waals surface area contributed by atoms with Gasteiger partial charge in [0.1, 0.15) is 5.75 Å². The number of hydrogen-bond donors (Lipinski definition) is 2. The number of para-hydroxylation sites is 1. The zero-order valence-corrected chi connectivity index (χ0v) is 12.9. The Morgan fingerprint density at radius 1 is 1.17 bits per heavy atom. The van der Waals surface area contributed by atoms with Crippen LogP contribution in [0.15, 0.2) is 54.6 Å². The van der Waals surface area contributed by atoms with E-state index in [0.717, 1.165) is 29.7 Å². The minimum absolute atomic E-state index is 0.0591. The fourth-order valence-electron chi connectivity index (χ4n) is 2.90. The Bertz CT molecular complexity index is 657. The molecule has 120 valence electrons. The number of amides is 1. The summed E-state index contributed by atoms with van der Waals surface area (Å²) in [5, 5.41) is 13.2. The SMILES string of the molecule is O=C(CC(O)c1ccccc1)NC1CCCOc2ccccc21. The minimum Gasteiger partial charge on any atom is -0.493 e. The maximum absolute atomic E-state index is 12.3. The molecule has 0 saturated heterocycles. The van der Waals surface area contributed by atoms with E-state index < -0.39 is 6.10 Å². The summed E-state index contributed by atoms with van der Waals surface area (Å²) in [5.74, 6) is 0.682. The number of carbonyl (C=O) groups is 1. The van der Waals surface area contributed by atoms with Crippen molar-refractivity contribution in [2.24, 2.45) is 0 Å². The molecule has 3 rings (SSSR count). The Balaban J connectivity index is 1.66. The van der Waals surface area contributed by atoms with Crippen LogP contribution in [0.4, 0.5) is 0 Å². The summed E-state index contributed by atoms with van der Waals surface area (Å²) < 4.78 is 5.71. The van der Waals surface area contributed by atoms with E-state index in [0.29, 0.717) is 6.61 Å². The number of ether oxygens (including phenoxy) is 1. The van der Waals surface area contributed by atoms with Gasteiger partial charge in [0.15, 0.2) is 0 Å². The summed E-state index contributed by atoms with van der Waals surface area (Å²) >= 11 is 0. The minimum atomic E-state index is -0.784. The number of fused-ring (bicyclic) bond motifs is 1.